The third-order valence-electron chi connectivity index (χ3n) is 2.53. The molecule has 0 aliphatic rings. The number of hydrogen-bond acceptors (Lipinski definition) is 4. The number of aliphatic carboxylic acids is 1. The summed E-state index contributed by atoms with van der Waals surface area (Å²) in [5.41, 5.74) is 0. The summed E-state index contributed by atoms with van der Waals surface area (Å²) in [5, 5.41) is 12.1. The Morgan fingerprint density at radius 2 is 1.70 bits per heavy atom. The summed E-state index contributed by atoms with van der Waals surface area (Å²) in [5.74, 6) is -1.10. The monoisotopic (exact) mass is 289 g/mol. The Labute approximate surface area is 123 Å². The highest BCUT2D eigenvalue weighted by Crippen LogP contribution is 2.02. The Balaban J connectivity index is 0. The van der Waals surface area contributed by atoms with Crippen LogP contribution in [-0.4, -0.2) is 46.5 Å². The number of carboxylic acids is 1. The fourth-order valence-corrected chi connectivity index (χ4v) is 1.42. The third-order valence-corrected chi connectivity index (χ3v) is 2.53. The number of quaternary nitrogens is 1. The fourth-order valence-electron chi connectivity index (χ4n) is 1.42. The van der Waals surface area contributed by atoms with Gasteiger partial charge < -0.3 is 24.7 Å². The van der Waals surface area contributed by atoms with Crippen LogP contribution >= 0.6 is 0 Å². The van der Waals surface area contributed by atoms with E-state index in [1.54, 1.807) is 20.3 Å². The normalized spacial score (nSPS) is 10.3. The van der Waals surface area contributed by atoms with E-state index in [1.807, 2.05) is 0 Å². The Bertz CT molecular complexity index is 214. The van der Waals surface area contributed by atoms with Gasteiger partial charge in [-0.15, -0.1) is 0 Å². The number of nitrogens with two attached hydrogens (primary N) is 1. The Morgan fingerprint density at radius 1 is 1.10 bits per heavy atom. The van der Waals surface area contributed by atoms with Crippen LogP contribution in [0.2, 0.25) is 0 Å². The maximum atomic E-state index is 9.89. The van der Waals surface area contributed by atoms with Crippen molar-refractivity contribution in [3.05, 3.63) is 12.2 Å². The van der Waals surface area contributed by atoms with E-state index in [2.05, 4.69) is 12.2 Å². The van der Waals surface area contributed by atoms with Crippen molar-refractivity contribution in [2.75, 3.05) is 40.5 Å². The highest BCUT2D eigenvalue weighted by Gasteiger charge is 1.87. The molecule has 0 aromatic heterocycles. The molecular weight excluding hydrogens is 258 g/mol. The van der Waals surface area contributed by atoms with Gasteiger partial charge in [-0.3, -0.25) is 0 Å². The Kier molecular flexibility index (Phi) is 21.8. The molecule has 0 saturated heterocycles. The summed E-state index contributed by atoms with van der Waals surface area (Å²) in [4.78, 5) is 9.89. The zero-order valence-corrected chi connectivity index (χ0v) is 13.2. The second kappa shape index (κ2) is 20.4. The van der Waals surface area contributed by atoms with Gasteiger partial charge in [-0.05, 0) is 18.9 Å². The SMILES string of the molecule is CCCCCCC=CC(=O)[O-].COCC[NH2+]CCOC. The molecule has 5 nitrogen and oxygen atoms in total. The lowest BCUT2D eigenvalue weighted by atomic mass is 10.1. The predicted molar refractivity (Wildman–Crippen MR) is 78.3 cm³/mol. The molecule has 0 aliphatic carbocycles. The molecule has 120 valence electrons. The number of rotatable bonds is 12. The summed E-state index contributed by atoms with van der Waals surface area (Å²) in [7, 11) is 3.42. The van der Waals surface area contributed by atoms with E-state index in [1.165, 1.54) is 19.3 Å². The van der Waals surface area contributed by atoms with Crippen molar-refractivity contribution in [1.82, 2.24) is 0 Å². The first-order valence-corrected chi connectivity index (χ1v) is 7.36. The van der Waals surface area contributed by atoms with Gasteiger partial charge in [-0.2, -0.15) is 0 Å². The molecule has 0 aromatic rings. The Hall–Kier alpha value is -0.910. The van der Waals surface area contributed by atoms with Crippen molar-refractivity contribution < 1.29 is 24.7 Å². The Morgan fingerprint density at radius 3 is 2.15 bits per heavy atom. The molecule has 0 bridgehead atoms. The van der Waals surface area contributed by atoms with Crippen LogP contribution in [-0.2, 0) is 14.3 Å². The smallest absolute Gasteiger partial charge is 0.0993 e. The van der Waals surface area contributed by atoms with Gasteiger partial charge in [0.1, 0.15) is 0 Å². The van der Waals surface area contributed by atoms with Crippen LogP contribution < -0.4 is 10.4 Å². The molecule has 0 amide bonds. The molecule has 0 aromatic carbocycles. The van der Waals surface area contributed by atoms with Crippen LogP contribution in [0, 0.1) is 0 Å². The molecule has 0 radical (unpaired) electrons. The van der Waals surface area contributed by atoms with Gasteiger partial charge in [-0.25, -0.2) is 0 Å². The van der Waals surface area contributed by atoms with Gasteiger partial charge in [0.05, 0.1) is 32.3 Å². The summed E-state index contributed by atoms with van der Waals surface area (Å²) >= 11 is 0. The van der Waals surface area contributed by atoms with E-state index in [0.717, 1.165) is 45.2 Å². The molecule has 20 heavy (non-hydrogen) atoms. The lowest BCUT2D eigenvalue weighted by Gasteiger charge is -1.98. The van der Waals surface area contributed by atoms with E-state index >= 15 is 0 Å². The minimum atomic E-state index is -1.10. The maximum absolute atomic E-state index is 9.89. The zero-order chi connectivity index (χ0) is 15.5. The van der Waals surface area contributed by atoms with Gasteiger partial charge in [0, 0.05) is 14.2 Å². The van der Waals surface area contributed by atoms with Crippen molar-refractivity contribution in [2.45, 2.75) is 39.0 Å². The first-order chi connectivity index (χ1) is 9.68. The van der Waals surface area contributed by atoms with Gasteiger partial charge in [0.2, 0.25) is 0 Å². The quantitative estimate of drug-likeness (QED) is 0.408. The van der Waals surface area contributed by atoms with Crippen LogP contribution in [0.3, 0.4) is 0 Å². The average Bonchev–Trinajstić information content (AvgIpc) is 2.43. The topological polar surface area (TPSA) is 75.2 Å². The van der Waals surface area contributed by atoms with Crippen molar-refractivity contribution in [2.24, 2.45) is 0 Å². The lowest BCUT2D eigenvalue weighted by Crippen LogP contribution is -2.86. The van der Waals surface area contributed by atoms with Crippen LogP contribution in [0.4, 0.5) is 0 Å². The average molecular weight is 289 g/mol. The first kappa shape index (κ1) is 21.4. The zero-order valence-electron chi connectivity index (χ0n) is 13.2. The van der Waals surface area contributed by atoms with Crippen molar-refractivity contribution in [1.29, 1.82) is 0 Å². The molecule has 0 fully saturated rings. The molecule has 0 spiro atoms. The van der Waals surface area contributed by atoms with Gasteiger partial charge in [0.15, 0.2) is 0 Å². The van der Waals surface area contributed by atoms with Gasteiger partial charge in [0.25, 0.3) is 0 Å². The summed E-state index contributed by atoms with van der Waals surface area (Å²) < 4.78 is 9.70. The minimum Gasteiger partial charge on any atom is -0.545 e. The molecular formula is C15H31NO4. The fraction of sp³-hybridized carbons (Fsp3) is 0.800. The number of methoxy groups -OCH3 is 2. The van der Waals surface area contributed by atoms with E-state index in [4.69, 9.17) is 9.47 Å². The number of ether oxygens (including phenoxy) is 2. The number of carbonyl (C=O) groups is 1. The van der Waals surface area contributed by atoms with Crippen LogP contribution in [0.25, 0.3) is 0 Å². The molecule has 0 aliphatic heterocycles. The van der Waals surface area contributed by atoms with E-state index in [-0.39, 0.29) is 0 Å². The standard InChI is InChI=1S/C9H16O2.C6H15NO2/c1-2-3-4-5-6-7-8-9(10)11;1-8-5-3-7-4-6-9-2/h7-8H,2-6H2,1H3,(H,10,11);7H,3-6H2,1-2H3. The molecule has 0 saturated carbocycles. The van der Waals surface area contributed by atoms with Crippen LogP contribution in [0.15, 0.2) is 12.2 Å². The second-order valence-corrected chi connectivity index (χ2v) is 4.42. The number of carboxylic acid groups (broad SMARTS) is 1. The molecule has 0 atom stereocenters. The molecule has 0 rings (SSSR count). The lowest BCUT2D eigenvalue weighted by molar-refractivity contribution is -0.657. The van der Waals surface area contributed by atoms with E-state index in [0.29, 0.717) is 0 Å². The highest BCUT2D eigenvalue weighted by molar-refractivity contribution is 5.77. The number of unbranched alkanes of at least 4 members (excludes halogenated alkanes) is 4. The van der Waals surface area contributed by atoms with E-state index < -0.39 is 5.97 Å². The first-order valence-electron chi connectivity index (χ1n) is 7.36. The number of carbonyl (C=O) groups excluding carboxylic acids is 1. The summed E-state index contributed by atoms with van der Waals surface area (Å²) in [6.07, 6.45) is 8.33. The van der Waals surface area contributed by atoms with Crippen molar-refractivity contribution in [3.8, 4) is 0 Å². The van der Waals surface area contributed by atoms with E-state index in [9.17, 15) is 9.90 Å². The maximum Gasteiger partial charge on any atom is 0.0993 e. The summed E-state index contributed by atoms with van der Waals surface area (Å²) in [6.45, 7) is 5.85. The van der Waals surface area contributed by atoms with Crippen molar-refractivity contribution >= 4 is 5.97 Å². The number of allylic oxidation sites excluding steroid dienone is 1. The predicted octanol–water partition coefficient (Wildman–Crippen LogP) is 0.106. The third kappa shape index (κ3) is 25.8. The molecule has 2 N–H and O–H groups in total. The van der Waals surface area contributed by atoms with Gasteiger partial charge in [-0.1, -0.05) is 32.3 Å². The van der Waals surface area contributed by atoms with Crippen molar-refractivity contribution in [3.63, 3.8) is 0 Å². The minimum absolute atomic E-state index is 0.823. The van der Waals surface area contributed by atoms with Crippen LogP contribution in [0.1, 0.15) is 39.0 Å². The second-order valence-electron chi connectivity index (χ2n) is 4.42. The highest BCUT2D eigenvalue weighted by atomic mass is 16.5. The molecule has 5 heteroatoms. The molecule has 0 heterocycles. The largest absolute Gasteiger partial charge is 0.545 e. The summed E-state index contributed by atoms with van der Waals surface area (Å²) in [6, 6.07) is 0. The number of hydrogen-bond donors (Lipinski definition) is 1. The molecule has 0 unspecified atom stereocenters. The van der Waals surface area contributed by atoms with Gasteiger partial charge >= 0.3 is 0 Å². The van der Waals surface area contributed by atoms with Crippen LogP contribution in [0.5, 0.6) is 0 Å².